The van der Waals surface area contributed by atoms with Crippen LogP contribution in [0.4, 0.5) is 17.6 Å². The molecule has 1 heterocycles. The number of benzene rings is 1. The SMILES string of the molecule is O=c1cc(C(F)F)[nH]c2c(OC(F)F)cccc12. The van der Waals surface area contributed by atoms with Crippen LogP contribution in [-0.4, -0.2) is 11.6 Å². The molecule has 0 saturated heterocycles. The van der Waals surface area contributed by atoms with Crippen LogP contribution >= 0.6 is 0 Å². The molecular formula is C11H7F4NO2. The average Bonchev–Trinajstić information content (AvgIpc) is 2.29. The summed E-state index contributed by atoms with van der Waals surface area (Å²) in [5.41, 5.74) is -1.49. The molecule has 18 heavy (non-hydrogen) atoms. The van der Waals surface area contributed by atoms with Crippen molar-refractivity contribution in [2.45, 2.75) is 13.0 Å². The van der Waals surface area contributed by atoms with E-state index in [1.807, 2.05) is 0 Å². The fraction of sp³-hybridized carbons (Fsp3) is 0.182. The number of H-pyrrole nitrogens is 1. The number of aromatic nitrogens is 1. The van der Waals surface area contributed by atoms with Crippen molar-refractivity contribution in [3.63, 3.8) is 0 Å². The number of para-hydroxylation sites is 1. The molecule has 0 fully saturated rings. The number of aromatic amines is 1. The number of ether oxygens (including phenoxy) is 1. The molecule has 1 aromatic heterocycles. The lowest BCUT2D eigenvalue weighted by Crippen LogP contribution is -2.08. The van der Waals surface area contributed by atoms with Crippen molar-refractivity contribution in [3.8, 4) is 5.75 Å². The van der Waals surface area contributed by atoms with Gasteiger partial charge in [0, 0.05) is 11.5 Å². The van der Waals surface area contributed by atoms with E-state index in [1.165, 1.54) is 18.2 Å². The number of rotatable bonds is 3. The smallest absolute Gasteiger partial charge is 0.387 e. The lowest BCUT2D eigenvalue weighted by Gasteiger charge is -2.09. The van der Waals surface area contributed by atoms with Gasteiger partial charge < -0.3 is 9.72 Å². The second-order valence-electron chi connectivity index (χ2n) is 3.45. The van der Waals surface area contributed by atoms with Crippen LogP contribution in [0.5, 0.6) is 5.75 Å². The van der Waals surface area contributed by atoms with E-state index in [-0.39, 0.29) is 16.7 Å². The van der Waals surface area contributed by atoms with Gasteiger partial charge in [-0.25, -0.2) is 8.78 Å². The van der Waals surface area contributed by atoms with Crippen LogP contribution in [0.1, 0.15) is 12.1 Å². The maximum absolute atomic E-state index is 12.5. The molecule has 0 spiro atoms. The van der Waals surface area contributed by atoms with Gasteiger partial charge in [-0.05, 0) is 12.1 Å². The molecule has 0 aliphatic carbocycles. The zero-order valence-electron chi connectivity index (χ0n) is 8.79. The summed E-state index contributed by atoms with van der Waals surface area (Å²) in [6.07, 6.45) is -2.90. The summed E-state index contributed by atoms with van der Waals surface area (Å²) in [5, 5.41) is 0.0116. The highest BCUT2D eigenvalue weighted by Gasteiger charge is 2.14. The number of halogens is 4. The number of alkyl halides is 4. The maximum atomic E-state index is 12.5. The highest BCUT2D eigenvalue weighted by atomic mass is 19.3. The van der Waals surface area contributed by atoms with Gasteiger partial charge in [0.15, 0.2) is 5.43 Å². The fourth-order valence-electron chi connectivity index (χ4n) is 1.58. The van der Waals surface area contributed by atoms with Crippen molar-refractivity contribution in [2.24, 2.45) is 0 Å². The van der Waals surface area contributed by atoms with Crippen LogP contribution in [0.15, 0.2) is 29.1 Å². The molecule has 0 radical (unpaired) electrons. The van der Waals surface area contributed by atoms with Crippen molar-refractivity contribution >= 4 is 10.9 Å². The summed E-state index contributed by atoms with van der Waals surface area (Å²) >= 11 is 0. The van der Waals surface area contributed by atoms with Gasteiger partial charge in [0.25, 0.3) is 6.43 Å². The van der Waals surface area contributed by atoms with Crippen LogP contribution in [0.2, 0.25) is 0 Å². The highest BCUT2D eigenvalue weighted by Crippen LogP contribution is 2.25. The number of hydrogen-bond acceptors (Lipinski definition) is 2. The Balaban J connectivity index is 2.69. The lowest BCUT2D eigenvalue weighted by molar-refractivity contribution is -0.0489. The number of fused-ring (bicyclic) bond motifs is 1. The Kier molecular flexibility index (Phi) is 3.22. The second-order valence-corrected chi connectivity index (χ2v) is 3.45. The molecule has 0 aliphatic heterocycles. The Morgan fingerprint density at radius 2 is 1.89 bits per heavy atom. The molecule has 1 aromatic carbocycles. The molecule has 3 nitrogen and oxygen atoms in total. The van der Waals surface area contributed by atoms with E-state index in [4.69, 9.17) is 0 Å². The Morgan fingerprint density at radius 3 is 2.50 bits per heavy atom. The largest absolute Gasteiger partial charge is 0.433 e. The highest BCUT2D eigenvalue weighted by molar-refractivity contribution is 5.84. The zero-order chi connectivity index (χ0) is 13.3. The van der Waals surface area contributed by atoms with Gasteiger partial charge in [-0.3, -0.25) is 4.79 Å². The molecule has 0 unspecified atom stereocenters. The van der Waals surface area contributed by atoms with Crippen molar-refractivity contribution < 1.29 is 22.3 Å². The van der Waals surface area contributed by atoms with Crippen LogP contribution in [0.25, 0.3) is 10.9 Å². The van der Waals surface area contributed by atoms with Crippen LogP contribution in [-0.2, 0) is 0 Å². The molecule has 0 amide bonds. The van der Waals surface area contributed by atoms with E-state index in [0.29, 0.717) is 0 Å². The van der Waals surface area contributed by atoms with Crippen molar-refractivity contribution in [1.82, 2.24) is 4.98 Å². The molecule has 0 saturated carbocycles. The maximum Gasteiger partial charge on any atom is 0.387 e. The summed E-state index contributed by atoms with van der Waals surface area (Å²) in [5.74, 6) is -0.345. The van der Waals surface area contributed by atoms with Crippen LogP contribution < -0.4 is 10.2 Å². The molecule has 0 aliphatic rings. The van der Waals surface area contributed by atoms with E-state index in [2.05, 4.69) is 9.72 Å². The standard InChI is InChI=1S/C11H7F4NO2/c12-10(13)6-4-7(17)5-2-1-3-8(9(5)16-6)18-11(14)15/h1-4,10-11H,(H,16,17). The molecule has 0 atom stereocenters. The molecule has 2 aromatic rings. The summed E-state index contributed by atoms with van der Waals surface area (Å²) in [7, 11) is 0. The Labute approximate surface area is 98.0 Å². The first-order valence-electron chi connectivity index (χ1n) is 4.88. The minimum atomic E-state index is -3.10. The van der Waals surface area contributed by atoms with Gasteiger partial charge in [0.2, 0.25) is 0 Å². The summed E-state index contributed by atoms with van der Waals surface area (Å²) in [6.45, 7) is -3.10. The predicted octanol–water partition coefficient (Wildman–Crippen LogP) is 3.07. The number of nitrogens with one attached hydrogen (secondary N) is 1. The molecular weight excluding hydrogens is 254 g/mol. The van der Waals surface area contributed by atoms with Crippen molar-refractivity contribution in [2.75, 3.05) is 0 Å². The number of hydrogen-bond donors (Lipinski definition) is 1. The predicted molar refractivity (Wildman–Crippen MR) is 56.2 cm³/mol. The topological polar surface area (TPSA) is 42.1 Å². The van der Waals surface area contributed by atoms with Crippen LogP contribution in [0.3, 0.4) is 0 Å². The third-order valence-electron chi connectivity index (χ3n) is 2.30. The van der Waals surface area contributed by atoms with Crippen molar-refractivity contribution in [1.29, 1.82) is 0 Å². The van der Waals surface area contributed by atoms with Gasteiger partial charge in [0.05, 0.1) is 11.2 Å². The first kappa shape index (κ1) is 12.4. The Morgan fingerprint density at radius 1 is 1.17 bits per heavy atom. The van der Waals surface area contributed by atoms with E-state index in [0.717, 1.165) is 6.07 Å². The number of pyridine rings is 1. The molecule has 0 bridgehead atoms. The molecule has 96 valence electrons. The van der Waals surface area contributed by atoms with Gasteiger partial charge in [-0.15, -0.1) is 0 Å². The first-order valence-corrected chi connectivity index (χ1v) is 4.88. The second kappa shape index (κ2) is 4.67. The normalized spacial score (nSPS) is 11.4. The zero-order valence-corrected chi connectivity index (χ0v) is 8.79. The molecule has 1 N–H and O–H groups in total. The van der Waals surface area contributed by atoms with Gasteiger partial charge in [-0.1, -0.05) is 6.07 Å². The lowest BCUT2D eigenvalue weighted by atomic mass is 10.2. The molecule has 2 rings (SSSR count). The van der Waals surface area contributed by atoms with E-state index >= 15 is 0 Å². The van der Waals surface area contributed by atoms with E-state index in [9.17, 15) is 22.4 Å². The average molecular weight is 261 g/mol. The molecule has 7 heteroatoms. The van der Waals surface area contributed by atoms with Gasteiger partial charge in [0.1, 0.15) is 5.75 Å². The van der Waals surface area contributed by atoms with Gasteiger partial charge >= 0.3 is 6.61 Å². The Hall–Kier alpha value is -2.05. The van der Waals surface area contributed by atoms with Crippen molar-refractivity contribution in [3.05, 3.63) is 40.2 Å². The van der Waals surface area contributed by atoms with E-state index < -0.39 is 24.2 Å². The monoisotopic (exact) mass is 261 g/mol. The summed E-state index contributed by atoms with van der Waals surface area (Å²) in [6, 6.07) is 4.57. The first-order chi connectivity index (χ1) is 8.49. The quantitative estimate of drug-likeness (QED) is 0.863. The minimum Gasteiger partial charge on any atom is -0.433 e. The van der Waals surface area contributed by atoms with Crippen LogP contribution in [0, 0.1) is 0 Å². The third-order valence-corrected chi connectivity index (χ3v) is 2.30. The van der Waals surface area contributed by atoms with E-state index in [1.54, 1.807) is 0 Å². The minimum absolute atomic E-state index is 0.0116. The summed E-state index contributed by atoms with van der Waals surface area (Å²) < 4.78 is 53.5. The van der Waals surface area contributed by atoms with Gasteiger partial charge in [-0.2, -0.15) is 8.78 Å². The fourth-order valence-corrected chi connectivity index (χ4v) is 1.58. The summed E-state index contributed by atoms with van der Waals surface area (Å²) in [4.78, 5) is 13.8. The third kappa shape index (κ3) is 2.29. The Bertz CT molecular complexity index is 624.